The minimum atomic E-state index is -1.09. The molecular formula is C17H14FN3O5. The molecule has 0 fully saturated rings. The van der Waals surface area contributed by atoms with Gasteiger partial charge in [-0.25, -0.2) is 14.6 Å². The number of ether oxygens (including phenoxy) is 1. The van der Waals surface area contributed by atoms with Gasteiger partial charge in [0.25, 0.3) is 0 Å². The Morgan fingerprint density at radius 3 is 2.31 bits per heavy atom. The summed E-state index contributed by atoms with van der Waals surface area (Å²) in [7, 11) is 0. The standard InChI is InChI=1S/C17H14FN3O5/c18-12-3-5-13(6-4-12)20-16(24)17(25)21-19-9-11-1-7-14(8-2-11)26-10-15(22)23/h1-9H,10H2,(H,20,24)(H,21,25)(H,22,23). The number of anilines is 1. The third kappa shape index (κ3) is 6.04. The molecule has 3 N–H and O–H groups in total. The van der Waals surface area contributed by atoms with Crippen molar-refractivity contribution in [2.45, 2.75) is 0 Å². The second-order valence-corrected chi connectivity index (χ2v) is 4.91. The first kappa shape index (κ1) is 18.6. The summed E-state index contributed by atoms with van der Waals surface area (Å²) in [6.07, 6.45) is 1.30. The van der Waals surface area contributed by atoms with Gasteiger partial charge in [0.1, 0.15) is 11.6 Å². The molecule has 0 unspecified atom stereocenters. The van der Waals surface area contributed by atoms with Gasteiger partial charge in [-0.3, -0.25) is 9.59 Å². The molecule has 26 heavy (non-hydrogen) atoms. The van der Waals surface area contributed by atoms with Crippen molar-refractivity contribution in [1.29, 1.82) is 0 Å². The first-order valence-electron chi connectivity index (χ1n) is 7.28. The van der Waals surface area contributed by atoms with Gasteiger partial charge in [0.2, 0.25) is 0 Å². The summed E-state index contributed by atoms with van der Waals surface area (Å²) in [5, 5.41) is 14.4. The van der Waals surface area contributed by atoms with E-state index in [1.807, 2.05) is 0 Å². The lowest BCUT2D eigenvalue weighted by atomic mass is 10.2. The van der Waals surface area contributed by atoms with Crippen molar-refractivity contribution < 1.29 is 28.6 Å². The fourth-order valence-corrected chi connectivity index (χ4v) is 1.73. The largest absolute Gasteiger partial charge is 0.482 e. The lowest BCUT2D eigenvalue weighted by Gasteiger charge is -2.04. The molecule has 0 bridgehead atoms. The lowest BCUT2D eigenvalue weighted by molar-refractivity contribution is -0.139. The van der Waals surface area contributed by atoms with Crippen molar-refractivity contribution in [2.75, 3.05) is 11.9 Å². The molecule has 0 radical (unpaired) electrons. The molecule has 0 heterocycles. The van der Waals surface area contributed by atoms with Crippen LogP contribution in [0.15, 0.2) is 53.6 Å². The van der Waals surface area contributed by atoms with E-state index in [0.29, 0.717) is 11.3 Å². The summed E-state index contributed by atoms with van der Waals surface area (Å²) in [6.45, 7) is -0.452. The molecular weight excluding hydrogens is 345 g/mol. The number of carboxylic acids is 1. The van der Waals surface area contributed by atoms with Crippen molar-refractivity contribution in [3.05, 3.63) is 59.9 Å². The van der Waals surface area contributed by atoms with Gasteiger partial charge in [0.05, 0.1) is 6.21 Å². The van der Waals surface area contributed by atoms with Crippen molar-refractivity contribution >= 4 is 29.7 Å². The maximum absolute atomic E-state index is 12.8. The van der Waals surface area contributed by atoms with Crippen LogP contribution in [0.3, 0.4) is 0 Å². The molecule has 134 valence electrons. The van der Waals surface area contributed by atoms with Crippen LogP contribution >= 0.6 is 0 Å². The number of hydrazone groups is 1. The predicted octanol–water partition coefficient (Wildman–Crippen LogP) is 1.38. The number of halogens is 1. The van der Waals surface area contributed by atoms with Crippen LogP contribution in [0.5, 0.6) is 5.75 Å². The van der Waals surface area contributed by atoms with Crippen molar-refractivity contribution in [3.63, 3.8) is 0 Å². The van der Waals surface area contributed by atoms with Crippen LogP contribution < -0.4 is 15.5 Å². The first-order valence-corrected chi connectivity index (χ1v) is 7.28. The number of nitrogens with one attached hydrogen (secondary N) is 2. The zero-order valence-corrected chi connectivity index (χ0v) is 13.3. The Balaban J connectivity index is 1.83. The van der Waals surface area contributed by atoms with Crippen LogP contribution in [-0.4, -0.2) is 35.7 Å². The van der Waals surface area contributed by atoms with Crippen molar-refractivity contribution in [3.8, 4) is 5.75 Å². The molecule has 2 aromatic rings. The zero-order chi connectivity index (χ0) is 18.9. The van der Waals surface area contributed by atoms with Gasteiger partial charge in [-0.05, 0) is 54.1 Å². The Hall–Kier alpha value is -3.75. The second kappa shape index (κ2) is 8.92. The maximum atomic E-state index is 12.8. The average Bonchev–Trinajstić information content (AvgIpc) is 2.62. The number of carboxylic acid groups (broad SMARTS) is 1. The Morgan fingerprint density at radius 2 is 1.69 bits per heavy atom. The van der Waals surface area contributed by atoms with E-state index in [1.54, 1.807) is 12.1 Å². The highest BCUT2D eigenvalue weighted by Gasteiger charge is 2.12. The van der Waals surface area contributed by atoms with Crippen LogP contribution in [0, 0.1) is 5.82 Å². The minimum Gasteiger partial charge on any atom is -0.482 e. The highest BCUT2D eigenvalue weighted by Crippen LogP contribution is 2.11. The minimum absolute atomic E-state index is 0.271. The maximum Gasteiger partial charge on any atom is 0.341 e. The molecule has 0 spiro atoms. The zero-order valence-electron chi connectivity index (χ0n) is 13.3. The van der Waals surface area contributed by atoms with Gasteiger partial charge in [-0.2, -0.15) is 5.10 Å². The van der Waals surface area contributed by atoms with Crippen LogP contribution in [0.1, 0.15) is 5.56 Å². The second-order valence-electron chi connectivity index (χ2n) is 4.91. The van der Waals surface area contributed by atoms with Crippen LogP contribution in [-0.2, 0) is 14.4 Å². The fourth-order valence-electron chi connectivity index (χ4n) is 1.73. The number of aliphatic carboxylic acids is 1. The molecule has 8 nitrogen and oxygen atoms in total. The van der Waals surface area contributed by atoms with Gasteiger partial charge in [0, 0.05) is 5.69 Å². The van der Waals surface area contributed by atoms with E-state index in [1.165, 1.54) is 30.5 Å². The topological polar surface area (TPSA) is 117 Å². The summed E-state index contributed by atoms with van der Waals surface area (Å²) in [4.78, 5) is 33.7. The van der Waals surface area contributed by atoms with Crippen LogP contribution in [0.4, 0.5) is 10.1 Å². The molecule has 2 rings (SSSR count). The van der Waals surface area contributed by atoms with Gasteiger partial charge < -0.3 is 15.2 Å². The van der Waals surface area contributed by atoms with E-state index >= 15 is 0 Å². The van der Waals surface area contributed by atoms with Gasteiger partial charge in [-0.1, -0.05) is 0 Å². The SMILES string of the molecule is O=C(O)COc1ccc(C=NNC(=O)C(=O)Nc2ccc(F)cc2)cc1. The number of hydrogen-bond donors (Lipinski definition) is 3. The summed E-state index contributed by atoms with van der Waals surface area (Å²) >= 11 is 0. The smallest absolute Gasteiger partial charge is 0.341 e. The Morgan fingerprint density at radius 1 is 1.04 bits per heavy atom. The summed E-state index contributed by atoms with van der Waals surface area (Å²) < 4.78 is 17.7. The van der Waals surface area contributed by atoms with Crippen molar-refractivity contribution in [1.82, 2.24) is 5.43 Å². The molecule has 0 aliphatic heterocycles. The molecule has 0 aliphatic carbocycles. The normalized spacial score (nSPS) is 10.3. The Kier molecular flexibility index (Phi) is 6.38. The van der Waals surface area contributed by atoms with Gasteiger partial charge in [0.15, 0.2) is 6.61 Å². The summed E-state index contributed by atoms with van der Waals surface area (Å²) in [5.41, 5.74) is 2.91. The van der Waals surface area contributed by atoms with E-state index < -0.39 is 30.2 Å². The quantitative estimate of drug-likeness (QED) is 0.409. The number of carbonyl (C=O) groups excluding carboxylic acids is 2. The molecule has 2 amide bonds. The lowest BCUT2D eigenvalue weighted by Crippen LogP contribution is -2.32. The molecule has 0 atom stereocenters. The predicted molar refractivity (Wildman–Crippen MR) is 90.3 cm³/mol. The molecule has 9 heteroatoms. The number of carbonyl (C=O) groups is 3. The number of amides is 2. The first-order chi connectivity index (χ1) is 12.4. The van der Waals surface area contributed by atoms with E-state index in [4.69, 9.17) is 9.84 Å². The van der Waals surface area contributed by atoms with E-state index in [9.17, 15) is 18.8 Å². The third-order valence-corrected chi connectivity index (χ3v) is 2.93. The van der Waals surface area contributed by atoms with Gasteiger partial charge >= 0.3 is 17.8 Å². The monoisotopic (exact) mass is 359 g/mol. The van der Waals surface area contributed by atoms with Crippen LogP contribution in [0.2, 0.25) is 0 Å². The van der Waals surface area contributed by atoms with E-state index in [-0.39, 0.29) is 5.69 Å². The van der Waals surface area contributed by atoms with Crippen molar-refractivity contribution in [2.24, 2.45) is 5.10 Å². The fraction of sp³-hybridized carbons (Fsp3) is 0.0588. The molecule has 0 saturated carbocycles. The number of hydrogen-bond acceptors (Lipinski definition) is 5. The number of nitrogens with zero attached hydrogens (tertiary/aromatic N) is 1. The number of rotatable bonds is 6. The average molecular weight is 359 g/mol. The Labute approximate surface area is 147 Å². The summed E-state index contributed by atoms with van der Waals surface area (Å²) in [5.74, 6) is -3.13. The van der Waals surface area contributed by atoms with E-state index in [0.717, 1.165) is 12.1 Å². The highest BCUT2D eigenvalue weighted by atomic mass is 19.1. The van der Waals surface area contributed by atoms with Gasteiger partial charge in [-0.15, -0.1) is 0 Å². The molecule has 0 aromatic heterocycles. The molecule has 0 aliphatic rings. The highest BCUT2D eigenvalue weighted by molar-refractivity contribution is 6.39. The third-order valence-electron chi connectivity index (χ3n) is 2.93. The van der Waals surface area contributed by atoms with Crippen LogP contribution in [0.25, 0.3) is 0 Å². The number of benzene rings is 2. The summed E-state index contributed by atoms with van der Waals surface area (Å²) in [6, 6.07) is 11.2. The molecule has 2 aromatic carbocycles. The Bertz CT molecular complexity index is 819. The molecule has 0 saturated heterocycles. The van der Waals surface area contributed by atoms with E-state index in [2.05, 4.69) is 15.8 Å².